The van der Waals surface area contributed by atoms with Gasteiger partial charge < -0.3 is 15.0 Å². The molecule has 8 nitrogen and oxygen atoms in total. The van der Waals surface area contributed by atoms with E-state index in [0.717, 1.165) is 35.6 Å². The number of halogens is 1. The monoisotopic (exact) mass is 597 g/mol. The summed E-state index contributed by atoms with van der Waals surface area (Å²) in [6, 6.07) is 20.8. The third-order valence-corrected chi connectivity index (χ3v) is 9.18. The van der Waals surface area contributed by atoms with E-state index >= 15 is 0 Å². The van der Waals surface area contributed by atoms with E-state index in [1.54, 1.807) is 67.6 Å². The number of amides is 2. The maximum atomic E-state index is 14.0. The van der Waals surface area contributed by atoms with Gasteiger partial charge in [0.1, 0.15) is 18.3 Å². The highest BCUT2D eigenvalue weighted by molar-refractivity contribution is 7.92. The lowest BCUT2D eigenvalue weighted by Crippen LogP contribution is -2.52. The number of carbonyl (C=O) groups is 2. The molecule has 0 aliphatic heterocycles. The summed E-state index contributed by atoms with van der Waals surface area (Å²) in [6.07, 6.45) is 3.92. The minimum atomic E-state index is -4.15. The predicted octanol–water partition coefficient (Wildman–Crippen LogP) is 5.41. The fourth-order valence-electron chi connectivity index (χ4n) is 4.93. The van der Waals surface area contributed by atoms with Crippen LogP contribution in [-0.2, 0) is 26.2 Å². The molecule has 3 aromatic carbocycles. The normalized spacial score (nSPS) is 14.3. The number of para-hydroxylation sites is 1. The van der Waals surface area contributed by atoms with Crippen LogP contribution in [-0.4, -0.2) is 50.4 Å². The van der Waals surface area contributed by atoms with Gasteiger partial charge in [0.05, 0.1) is 17.2 Å². The first-order valence-electron chi connectivity index (χ1n) is 13.8. The number of sulfonamides is 1. The van der Waals surface area contributed by atoms with Crippen LogP contribution in [0.25, 0.3) is 0 Å². The van der Waals surface area contributed by atoms with Crippen LogP contribution >= 0.6 is 11.6 Å². The number of ether oxygens (including phenoxy) is 1. The molecule has 1 aliphatic carbocycles. The highest BCUT2D eigenvalue weighted by atomic mass is 35.5. The van der Waals surface area contributed by atoms with E-state index in [1.165, 1.54) is 17.0 Å². The molecule has 0 spiro atoms. The Labute approximate surface area is 247 Å². The van der Waals surface area contributed by atoms with Gasteiger partial charge in [0.2, 0.25) is 11.8 Å². The van der Waals surface area contributed by atoms with Crippen LogP contribution in [0.3, 0.4) is 0 Å². The SMILES string of the molecule is CCOc1ccc(S(=O)(=O)N(CC(=O)N(Cc2cccc(Cl)c2)C(C)C(=O)NC2CCCC2)c2ccccc2)cc1. The summed E-state index contributed by atoms with van der Waals surface area (Å²) >= 11 is 6.21. The van der Waals surface area contributed by atoms with Gasteiger partial charge >= 0.3 is 0 Å². The van der Waals surface area contributed by atoms with Crippen molar-refractivity contribution in [3.05, 3.63) is 89.4 Å². The zero-order valence-electron chi connectivity index (χ0n) is 23.3. The van der Waals surface area contributed by atoms with Gasteiger partial charge in [-0.3, -0.25) is 13.9 Å². The molecule has 1 N–H and O–H groups in total. The van der Waals surface area contributed by atoms with Gasteiger partial charge in [0, 0.05) is 17.6 Å². The van der Waals surface area contributed by atoms with E-state index in [-0.39, 0.29) is 23.4 Å². The van der Waals surface area contributed by atoms with Crippen molar-refractivity contribution in [3.8, 4) is 5.75 Å². The van der Waals surface area contributed by atoms with Crippen LogP contribution < -0.4 is 14.4 Å². The third kappa shape index (κ3) is 7.80. The summed E-state index contributed by atoms with van der Waals surface area (Å²) in [4.78, 5) is 28.7. The molecule has 0 bridgehead atoms. The molecule has 1 unspecified atom stereocenters. The summed E-state index contributed by atoms with van der Waals surface area (Å²) in [5.74, 6) is -0.242. The summed E-state index contributed by atoms with van der Waals surface area (Å²) in [6.45, 7) is 3.55. The Bertz CT molecular complexity index is 1430. The van der Waals surface area contributed by atoms with Crippen LogP contribution in [0.1, 0.15) is 45.1 Å². The van der Waals surface area contributed by atoms with Gasteiger partial charge in [-0.25, -0.2) is 8.42 Å². The number of nitrogens with one attached hydrogen (secondary N) is 1. The standard InChI is InChI=1S/C31H36ClN3O5S/c1-3-40-28-16-18-29(19-17-28)41(38,39)35(27-14-5-4-6-15-27)22-30(36)34(21-24-10-9-11-25(32)20-24)23(2)31(37)33-26-12-7-8-13-26/h4-6,9-11,14-20,23,26H,3,7-8,12-13,21-22H2,1-2H3,(H,33,37). The number of benzene rings is 3. The van der Waals surface area contributed by atoms with Crippen LogP contribution in [0.5, 0.6) is 5.75 Å². The lowest BCUT2D eigenvalue weighted by molar-refractivity contribution is -0.139. The van der Waals surface area contributed by atoms with Crippen molar-refractivity contribution in [1.29, 1.82) is 0 Å². The van der Waals surface area contributed by atoms with Gasteiger partial charge in [0.15, 0.2) is 0 Å². The largest absolute Gasteiger partial charge is 0.494 e. The first kappa shape index (κ1) is 30.4. The summed E-state index contributed by atoms with van der Waals surface area (Å²) in [5, 5.41) is 3.57. The van der Waals surface area contributed by atoms with Crippen LogP contribution in [0.4, 0.5) is 5.69 Å². The van der Waals surface area contributed by atoms with E-state index in [1.807, 2.05) is 13.0 Å². The van der Waals surface area contributed by atoms with Crippen LogP contribution in [0.2, 0.25) is 5.02 Å². The smallest absolute Gasteiger partial charge is 0.264 e. The van der Waals surface area contributed by atoms with Crippen molar-refractivity contribution >= 4 is 39.1 Å². The summed E-state index contributed by atoms with van der Waals surface area (Å²) < 4.78 is 34.4. The Hall–Kier alpha value is -3.56. The van der Waals surface area contributed by atoms with E-state index in [9.17, 15) is 18.0 Å². The number of carbonyl (C=O) groups excluding carboxylic acids is 2. The van der Waals surface area contributed by atoms with Gasteiger partial charge in [-0.05, 0) is 80.8 Å². The molecular weight excluding hydrogens is 562 g/mol. The topological polar surface area (TPSA) is 96.0 Å². The van der Waals surface area contributed by atoms with Crippen molar-refractivity contribution in [2.75, 3.05) is 17.5 Å². The number of hydrogen-bond acceptors (Lipinski definition) is 5. The average Bonchev–Trinajstić information content (AvgIpc) is 3.48. The molecule has 0 aromatic heterocycles. The van der Waals surface area contributed by atoms with Crippen molar-refractivity contribution < 1.29 is 22.7 Å². The molecule has 4 rings (SSSR count). The van der Waals surface area contributed by atoms with Crippen molar-refractivity contribution in [1.82, 2.24) is 10.2 Å². The number of nitrogens with zero attached hydrogens (tertiary/aromatic N) is 2. The molecule has 1 saturated carbocycles. The van der Waals surface area contributed by atoms with E-state index in [4.69, 9.17) is 16.3 Å². The van der Waals surface area contributed by atoms with Gasteiger partial charge in [-0.1, -0.05) is 54.8 Å². The zero-order chi connectivity index (χ0) is 29.4. The molecule has 0 radical (unpaired) electrons. The molecule has 1 fully saturated rings. The van der Waals surface area contributed by atoms with E-state index in [0.29, 0.717) is 23.1 Å². The molecular formula is C31H36ClN3O5S. The van der Waals surface area contributed by atoms with Gasteiger partial charge in [-0.15, -0.1) is 0 Å². The summed E-state index contributed by atoms with van der Waals surface area (Å²) in [5.41, 5.74) is 1.06. The van der Waals surface area contributed by atoms with E-state index < -0.39 is 28.5 Å². The second kappa shape index (κ2) is 13.9. The van der Waals surface area contributed by atoms with Crippen molar-refractivity contribution in [2.24, 2.45) is 0 Å². The minimum absolute atomic E-state index is 0.0195. The Morgan fingerprint density at radius 1 is 1.00 bits per heavy atom. The number of rotatable bonds is 12. The average molecular weight is 598 g/mol. The Balaban J connectivity index is 1.66. The molecule has 0 saturated heterocycles. The minimum Gasteiger partial charge on any atom is -0.494 e. The highest BCUT2D eigenvalue weighted by Crippen LogP contribution is 2.26. The maximum absolute atomic E-state index is 14.0. The molecule has 41 heavy (non-hydrogen) atoms. The first-order chi connectivity index (χ1) is 19.7. The third-order valence-electron chi connectivity index (χ3n) is 7.16. The second-order valence-electron chi connectivity index (χ2n) is 10.1. The van der Waals surface area contributed by atoms with Crippen molar-refractivity contribution in [3.63, 3.8) is 0 Å². The zero-order valence-corrected chi connectivity index (χ0v) is 24.9. The quantitative estimate of drug-likeness (QED) is 0.301. The van der Waals surface area contributed by atoms with Gasteiger partial charge in [0.25, 0.3) is 10.0 Å². The fourth-order valence-corrected chi connectivity index (χ4v) is 6.56. The predicted molar refractivity (Wildman–Crippen MR) is 160 cm³/mol. The highest BCUT2D eigenvalue weighted by Gasteiger charge is 2.33. The maximum Gasteiger partial charge on any atom is 0.264 e. The number of hydrogen-bond donors (Lipinski definition) is 1. The lowest BCUT2D eigenvalue weighted by atomic mass is 10.1. The fraction of sp³-hybridized carbons (Fsp3) is 0.355. The molecule has 3 aromatic rings. The van der Waals surface area contributed by atoms with E-state index in [2.05, 4.69) is 5.32 Å². The molecule has 10 heteroatoms. The molecule has 2 amide bonds. The molecule has 1 atom stereocenters. The second-order valence-corrected chi connectivity index (χ2v) is 12.4. The Morgan fingerprint density at radius 2 is 1.68 bits per heavy atom. The van der Waals surface area contributed by atoms with Crippen molar-refractivity contribution in [2.45, 2.75) is 63.1 Å². The Morgan fingerprint density at radius 3 is 2.32 bits per heavy atom. The molecule has 1 aliphatic rings. The molecule has 218 valence electrons. The number of anilines is 1. The van der Waals surface area contributed by atoms with Crippen LogP contribution in [0.15, 0.2) is 83.8 Å². The Kier molecular flexibility index (Phi) is 10.3. The first-order valence-corrected chi connectivity index (χ1v) is 15.7. The van der Waals surface area contributed by atoms with Gasteiger partial charge in [-0.2, -0.15) is 0 Å². The molecule has 0 heterocycles. The lowest BCUT2D eigenvalue weighted by Gasteiger charge is -2.32. The summed E-state index contributed by atoms with van der Waals surface area (Å²) in [7, 11) is -4.15. The van der Waals surface area contributed by atoms with Crippen LogP contribution in [0, 0.1) is 0 Å².